The molecule has 0 aromatic heterocycles. The number of allylic oxidation sites excluding steroid dienone is 2. The van der Waals surface area contributed by atoms with Crippen LogP contribution in [-0.2, 0) is 38.1 Å². The minimum Gasteiger partial charge on any atom is -0.462 e. The van der Waals surface area contributed by atoms with E-state index >= 15 is 0 Å². The number of carbonyl (C=O) groups is 3. The Bertz CT molecular complexity index is 1150. The van der Waals surface area contributed by atoms with Crippen molar-refractivity contribution in [2.45, 2.75) is 94.9 Å². The fourth-order valence-electron chi connectivity index (χ4n) is 7.88. The summed E-state index contributed by atoms with van der Waals surface area (Å²) < 4.78 is 30.6. The second-order valence-corrected chi connectivity index (χ2v) is 12.0. The van der Waals surface area contributed by atoms with Crippen LogP contribution in [-0.4, -0.2) is 78.3 Å². The lowest BCUT2D eigenvalue weighted by Crippen LogP contribution is -2.66. The first kappa shape index (κ1) is 25.9. The maximum atomic E-state index is 13.2. The fourth-order valence-corrected chi connectivity index (χ4v) is 7.88. The van der Waals surface area contributed by atoms with Crippen molar-refractivity contribution in [3.63, 3.8) is 0 Å². The number of ether oxygens (including phenoxy) is 5. The largest absolute Gasteiger partial charge is 0.462 e. The van der Waals surface area contributed by atoms with Crippen LogP contribution in [0.5, 0.6) is 0 Å². The molecule has 4 heterocycles. The molecule has 4 aliphatic heterocycles. The van der Waals surface area contributed by atoms with E-state index in [1.165, 1.54) is 24.6 Å². The van der Waals surface area contributed by atoms with Gasteiger partial charge in [-0.3, -0.25) is 4.79 Å². The lowest BCUT2D eigenvalue weighted by Gasteiger charge is -2.58. The molecule has 3 saturated heterocycles. The van der Waals surface area contributed by atoms with E-state index in [0.717, 1.165) is 6.42 Å². The predicted octanol–water partition coefficient (Wildman–Crippen LogP) is 2.50. The molecule has 9 nitrogen and oxygen atoms in total. The molecule has 0 amide bonds. The summed E-state index contributed by atoms with van der Waals surface area (Å²) in [5, 5.41) is 11.2. The van der Waals surface area contributed by atoms with Gasteiger partial charge in [-0.25, -0.2) is 9.59 Å². The molecule has 0 aromatic carbocycles. The van der Waals surface area contributed by atoms with E-state index < -0.39 is 46.2 Å². The normalized spacial score (nSPS) is 48.6. The van der Waals surface area contributed by atoms with Gasteiger partial charge < -0.3 is 28.8 Å². The highest BCUT2D eigenvalue weighted by molar-refractivity contribution is 5.88. The van der Waals surface area contributed by atoms with Crippen molar-refractivity contribution in [3.8, 4) is 0 Å². The van der Waals surface area contributed by atoms with Crippen LogP contribution in [0.15, 0.2) is 35.5 Å². The number of ketones is 1. The molecule has 8 atom stereocenters. The number of hydrogen-bond donors (Lipinski definition) is 1. The number of carbonyl (C=O) groups excluding carboxylic acids is 3. The first-order chi connectivity index (χ1) is 18.1. The zero-order chi connectivity index (χ0) is 26.9. The van der Waals surface area contributed by atoms with Crippen LogP contribution in [0.2, 0.25) is 0 Å². The molecular formula is C29H36O9. The van der Waals surface area contributed by atoms with Gasteiger partial charge in [0.05, 0.1) is 30.8 Å². The lowest BCUT2D eigenvalue weighted by atomic mass is 9.51. The van der Waals surface area contributed by atoms with Gasteiger partial charge in [0.25, 0.3) is 0 Å². The summed E-state index contributed by atoms with van der Waals surface area (Å²) in [5.74, 6) is -1.41. The highest BCUT2D eigenvalue weighted by Gasteiger charge is 2.83. The van der Waals surface area contributed by atoms with Crippen LogP contribution in [0, 0.1) is 10.8 Å². The number of esters is 2. The molecule has 0 radical (unpaired) electrons. The number of Topliss-reactive ketones (excluding diaryl/α,β-unsaturated/α-hetero) is 1. The third-order valence-electron chi connectivity index (χ3n) is 10.3. The SMILES string of the molecule is CC(=O)C12CC/C=C\C(=O)OC3CC4OC5C=C(C)CCC5(COC(=O)/C=C(\CCO1)C2O)C3(C)C41CO1. The summed E-state index contributed by atoms with van der Waals surface area (Å²) >= 11 is 0. The maximum Gasteiger partial charge on any atom is 0.330 e. The number of aliphatic hydroxyl groups is 1. The molecule has 6 aliphatic rings. The summed E-state index contributed by atoms with van der Waals surface area (Å²) in [5.41, 5.74) is -1.77. The molecule has 6 rings (SSSR count). The first-order valence-electron chi connectivity index (χ1n) is 13.6. The Morgan fingerprint density at radius 3 is 2.61 bits per heavy atom. The Hall–Kier alpha value is -2.33. The third-order valence-corrected chi connectivity index (χ3v) is 10.3. The van der Waals surface area contributed by atoms with Crippen LogP contribution < -0.4 is 0 Å². The van der Waals surface area contributed by atoms with Gasteiger partial charge in [0.2, 0.25) is 0 Å². The van der Waals surface area contributed by atoms with E-state index in [9.17, 15) is 19.5 Å². The average molecular weight is 529 g/mol. The average Bonchev–Trinajstić information content (AvgIpc) is 3.65. The molecule has 1 N–H and O–H groups in total. The monoisotopic (exact) mass is 528 g/mol. The van der Waals surface area contributed by atoms with E-state index in [-0.39, 0.29) is 37.6 Å². The number of hydrogen-bond acceptors (Lipinski definition) is 9. The molecule has 2 aliphatic carbocycles. The predicted molar refractivity (Wildman–Crippen MR) is 133 cm³/mol. The minimum atomic E-state index is -1.49. The Morgan fingerprint density at radius 1 is 1.08 bits per heavy atom. The Balaban J connectivity index is 1.42. The van der Waals surface area contributed by atoms with Crippen molar-refractivity contribution < 1.29 is 43.2 Å². The van der Waals surface area contributed by atoms with Gasteiger partial charge in [0.1, 0.15) is 24.4 Å². The molecule has 2 spiro atoms. The molecule has 0 aromatic rings. The van der Waals surface area contributed by atoms with Gasteiger partial charge in [-0.1, -0.05) is 24.6 Å². The highest BCUT2D eigenvalue weighted by atomic mass is 16.6. The summed E-state index contributed by atoms with van der Waals surface area (Å²) in [4.78, 5) is 38.9. The van der Waals surface area contributed by atoms with E-state index in [1.807, 2.05) is 0 Å². The van der Waals surface area contributed by atoms with Gasteiger partial charge in [-0.15, -0.1) is 0 Å². The Morgan fingerprint density at radius 2 is 1.87 bits per heavy atom. The van der Waals surface area contributed by atoms with Gasteiger partial charge in [-0.05, 0) is 51.5 Å². The van der Waals surface area contributed by atoms with Gasteiger partial charge >= 0.3 is 11.9 Å². The number of cyclic esters (lactones) is 1. The van der Waals surface area contributed by atoms with E-state index in [1.54, 1.807) is 6.08 Å². The van der Waals surface area contributed by atoms with Crippen LogP contribution in [0.1, 0.15) is 59.3 Å². The molecule has 4 fully saturated rings. The standard InChI is InChI=1S/C29H36O9/c1-17-7-10-27-15-34-24(32)13-19-8-11-35-28(18(2)30,25(19)33)9-5-4-6-23(31)38-20-14-22(37-21(27)12-17)29(16-36-29)26(20,27)3/h4,6,12-13,20-22,25,33H,5,7-11,14-16H2,1-3H3/b6-4-,19-13+. The Kier molecular flexibility index (Phi) is 6.03. The summed E-state index contributed by atoms with van der Waals surface area (Å²) in [7, 11) is 0. The van der Waals surface area contributed by atoms with E-state index in [0.29, 0.717) is 37.9 Å². The van der Waals surface area contributed by atoms with Crippen LogP contribution in [0.3, 0.4) is 0 Å². The second kappa shape index (κ2) is 8.84. The maximum absolute atomic E-state index is 13.2. The zero-order valence-corrected chi connectivity index (χ0v) is 22.2. The molecule has 8 unspecified atom stereocenters. The lowest BCUT2D eigenvalue weighted by molar-refractivity contribution is -0.232. The fraction of sp³-hybridized carbons (Fsp3) is 0.690. The quantitative estimate of drug-likeness (QED) is 0.311. The van der Waals surface area contributed by atoms with Crippen LogP contribution in [0.4, 0.5) is 0 Å². The minimum absolute atomic E-state index is 0.0483. The van der Waals surface area contributed by atoms with Crippen LogP contribution in [0.25, 0.3) is 0 Å². The number of rotatable bonds is 1. The van der Waals surface area contributed by atoms with Crippen molar-refractivity contribution in [2.24, 2.45) is 10.8 Å². The summed E-state index contributed by atoms with van der Waals surface area (Å²) in [6, 6.07) is 0. The smallest absolute Gasteiger partial charge is 0.330 e. The summed E-state index contributed by atoms with van der Waals surface area (Å²) in [6.07, 6.45) is 6.90. The van der Waals surface area contributed by atoms with Crippen molar-refractivity contribution >= 4 is 17.7 Å². The third kappa shape index (κ3) is 3.48. The van der Waals surface area contributed by atoms with Gasteiger partial charge in [0.15, 0.2) is 11.4 Å². The zero-order valence-electron chi connectivity index (χ0n) is 22.2. The van der Waals surface area contributed by atoms with Gasteiger partial charge in [-0.2, -0.15) is 0 Å². The topological polar surface area (TPSA) is 121 Å². The van der Waals surface area contributed by atoms with Crippen molar-refractivity contribution in [3.05, 3.63) is 35.5 Å². The number of fused-ring (bicyclic) bond motifs is 2. The molecule has 206 valence electrons. The molecule has 4 bridgehead atoms. The molecular weight excluding hydrogens is 492 g/mol. The first-order valence-corrected chi connectivity index (χ1v) is 13.6. The molecule has 1 saturated carbocycles. The van der Waals surface area contributed by atoms with Crippen molar-refractivity contribution in [1.29, 1.82) is 0 Å². The van der Waals surface area contributed by atoms with E-state index in [4.69, 9.17) is 23.7 Å². The number of epoxide rings is 1. The molecule has 9 heteroatoms. The van der Waals surface area contributed by atoms with Crippen LogP contribution >= 0.6 is 0 Å². The van der Waals surface area contributed by atoms with Crippen molar-refractivity contribution in [1.82, 2.24) is 0 Å². The Labute approximate surface area is 222 Å². The highest BCUT2D eigenvalue weighted by Crippen LogP contribution is 2.72. The summed E-state index contributed by atoms with van der Waals surface area (Å²) in [6.45, 7) is 6.28. The van der Waals surface area contributed by atoms with Gasteiger partial charge in [0, 0.05) is 24.0 Å². The molecule has 38 heavy (non-hydrogen) atoms. The second-order valence-electron chi connectivity index (χ2n) is 12.0. The number of aliphatic hydroxyl groups excluding tert-OH is 1. The van der Waals surface area contributed by atoms with E-state index in [2.05, 4.69) is 19.9 Å². The van der Waals surface area contributed by atoms with Crippen molar-refractivity contribution in [2.75, 3.05) is 19.8 Å².